The van der Waals surface area contributed by atoms with Gasteiger partial charge in [0.25, 0.3) is 5.91 Å². The predicted octanol–water partition coefficient (Wildman–Crippen LogP) is 5.36. The Morgan fingerprint density at radius 1 is 1.19 bits per heavy atom. The van der Waals surface area contributed by atoms with E-state index in [0.29, 0.717) is 22.3 Å². The quantitative estimate of drug-likeness (QED) is 0.477. The topological polar surface area (TPSA) is 45.7 Å². The van der Waals surface area contributed by atoms with Crippen LogP contribution in [-0.4, -0.2) is 55.2 Å². The monoisotopic (exact) mass is 479 g/mol. The second kappa shape index (κ2) is 10.7. The fourth-order valence-corrected chi connectivity index (χ4v) is 5.12. The number of anilines is 1. The van der Waals surface area contributed by atoms with Crippen LogP contribution in [0.5, 0.6) is 0 Å². The molecule has 3 aromatic rings. The standard InChI is InChI=1S/C23H26ClN3O2S.ClH/c1-16-13-17(2)15-18(14-16)22(28)27(8-4-7-26-9-11-29-12-10-26)23-25-21-19(24)5-3-6-20(21)30-23;/h3,5-6,13-15H,4,7-12H2,1-2H3;1H. The highest BCUT2D eigenvalue weighted by atomic mass is 35.5. The zero-order valence-corrected chi connectivity index (χ0v) is 20.2. The zero-order valence-electron chi connectivity index (χ0n) is 17.8. The van der Waals surface area contributed by atoms with Crippen molar-refractivity contribution in [2.45, 2.75) is 20.3 Å². The second-order valence-electron chi connectivity index (χ2n) is 7.72. The first-order valence-electron chi connectivity index (χ1n) is 10.3. The maximum absolute atomic E-state index is 13.5. The summed E-state index contributed by atoms with van der Waals surface area (Å²) in [6, 6.07) is 11.7. The van der Waals surface area contributed by atoms with E-state index in [0.717, 1.165) is 60.6 Å². The van der Waals surface area contributed by atoms with E-state index in [2.05, 4.69) is 11.0 Å². The highest BCUT2D eigenvalue weighted by molar-refractivity contribution is 7.22. The number of aromatic nitrogens is 1. The summed E-state index contributed by atoms with van der Waals surface area (Å²) in [7, 11) is 0. The van der Waals surface area contributed by atoms with Crippen LogP contribution in [0.25, 0.3) is 10.2 Å². The molecule has 1 fully saturated rings. The summed E-state index contributed by atoms with van der Waals surface area (Å²) in [5, 5.41) is 1.31. The lowest BCUT2D eigenvalue weighted by atomic mass is 10.1. The normalized spacial score (nSPS) is 14.4. The summed E-state index contributed by atoms with van der Waals surface area (Å²) < 4.78 is 6.42. The second-order valence-corrected chi connectivity index (χ2v) is 9.14. The van der Waals surface area contributed by atoms with Crippen LogP contribution < -0.4 is 4.90 Å². The lowest BCUT2D eigenvalue weighted by molar-refractivity contribution is 0.0376. The minimum absolute atomic E-state index is 0. The predicted molar refractivity (Wildman–Crippen MR) is 131 cm³/mol. The van der Waals surface area contributed by atoms with E-state index >= 15 is 0 Å². The first kappa shape index (κ1) is 24.0. The number of fused-ring (bicyclic) bond motifs is 1. The molecule has 2 aromatic carbocycles. The Morgan fingerprint density at radius 3 is 2.58 bits per heavy atom. The first-order chi connectivity index (χ1) is 14.5. The zero-order chi connectivity index (χ0) is 21.1. The molecular weight excluding hydrogens is 453 g/mol. The van der Waals surface area contributed by atoms with Crippen LogP contribution in [0.3, 0.4) is 0 Å². The van der Waals surface area contributed by atoms with Crippen LogP contribution in [0.2, 0.25) is 5.02 Å². The number of ether oxygens (including phenoxy) is 1. The Kier molecular flexibility index (Phi) is 8.30. The molecule has 0 spiro atoms. The smallest absolute Gasteiger partial charge is 0.260 e. The molecule has 5 nitrogen and oxygen atoms in total. The van der Waals surface area contributed by atoms with Crippen molar-refractivity contribution in [1.82, 2.24) is 9.88 Å². The summed E-state index contributed by atoms with van der Waals surface area (Å²) >= 11 is 7.85. The Morgan fingerprint density at radius 2 is 1.90 bits per heavy atom. The van der Waals surface area contributed by atoms with Gasteiger partial charge in [0, 0.05) is 31.7 Å². The van der Waals surface area contributed by atoms with Crippen LogP contribution in [-0.2, 0) is 4.74 Å². The molecule has 2 heterocycles. The molecule has 0 unspecified atom stereocenters. The van der Waals surface area contributed by atoms with Crippen LogP contribution in [0, 0.1) is 13.8 Å². The van der Waals surface area contributed by atoms with E-state index in [-0.39, 0.29) is 18.3 Å². The summed E-state index contributed by atoms with van der Waals surface area (Å²) in [4.78, 5) is 22.4. The van der Waals surface area contributed by atoms with Crippen molar-refractivity contribution in [3.8, 4) is 0 Å². The van der Waals surface area contributed by atoms with Crippen LogP contribution in [0.1, 0.15) is 27.9 Å². The van der Waals surface area contributed by atoms with Crippen LogP contribution in [0.15, 0.2) is 36.4 Å². The minimum atomic E-state index is -0.0149. The molecule has 1 saturated heterocycles. The number of benzene rings is 2. The van der Waals surface area contributed by atoms with Crippen LogP contribution >= 0.6 is 35.3 Å². The molecule has 0 saturated carbocycles. The maximum atomic E-state index is 13.5. The average molecular weight is 480 g/mol. The van der Waals surface area contributed by atoms with Crippen molar-refractivity contribution >= 4 is 56.6 Å². The van der Waals surface area contributed by atoms with E-state index in [1.165, 1.54) is 11.3 Å². The molecule has 4 rings (SSSR count). The van der Waals surface area contributed by atoms with Gasteiger partial charge in [0.2, 0.25) is 0 Å². The van der Waals surface area contributed by atoms with E-state index in [9.17, 15) is 4.79 Å². The molecule has 0 bridgehead atoms. The first-order valence-corrected chi connectivity index (χ1v) is 11.5. The van der Waals surface area contributed by atoms with Gasteiger partial charge in [-0.05, 0) is 44.5 Å². The van der Waals surface area contributed by atoms with Gasteiger partial charge >= 0.3 is 0 Å². The Bertz CT molecular complexity index is 1030. The third-order valence-electron chi connectivity index (χ3n) is 5.26. The highest BCUT2D eigenvalue weighted by Gasteiger charge is 2.23. The number of amides is 1. The van der Waals surface area contributed by atoms with Gasteiger partial charge in [-0.2, -0.15) is 0 Å². The van der Waals surface area contributed by atoms with Crippen molar-refractivity contribution in [3.05, 3.63) is 58.1 Å². The van der Waals surface area contributed by atoms with Crippen molar-refractivity contribution in [1.29, 1.82) is 0 Å². The van der Waals surface area contributed by atoms with Gasteiger partial charge in [0.05, 0.1) is 22.9 Å². The molecule has 0 radical (unpaired) electrons. The number of carbonyl (C=O) groups is 1. The molecule has 1 aromatic heterocycles. The molecule has 31 heavy (non-hydrogen) atoms. The molecule has 0 atom stereocenters. The van der Waals surface area contributed by atoms with Crippen molar-refractivity contribution in [2.75, 3.05) is 44.3 Å². The molecule has 0 aliphatic carbocycles. The summed E-state index contributed by atoms with van der Waals surface area (Å²) in [5.41, 5.74) is 3.62. The number of carbonyl (C=O) groups excluding carboxylic acids is 1. The number of thiazole rings is 1. The SMILES string of the molecule is Cc1cc(C)cc(C(=O)N(CCCN2CCOCC2)c2nc3c(Cl)cccc3s2)c1.Cl. The van der Waals surface area contributed by atoms with Gasteiger partial charge in [-0.3, -0.25) is 14.6 Å². The average Bonchev–Trinajstić information content (AvgIpc) is 3.16. The van der Waals surface area contributed by atoms with E-state index in [1.807, 2.05) is 49.1 Å². The molecule has 1 aliphatic rings. The lowest BCUT2D eigenvalue weighted by Crippen LogP contribution is -2.39. The van der Waals surface area contributed by atoms with E-state index in [4.69, 9.17) is 21.3 Å². The highest BCUT2D eigenvalue weighted by Crippen LogP contribution is 2.33. The van der Waals surface area contributed by atoms with Gasteiger partial charge < -0.3 is 4.74 Å². The minimum Gasteiger partial charge on any atom is -0.379 e. The van der Waals surface area contributed by atoms with Gasteiger partial charge in [-0.15, -0.1) is 12.4 Å². The number of morpholine rings is 1. The maximum Gasteiger partial charge on any atom is 0.260 e. The van der Waals surface area contributed by atoms with E-state index in [1.54, 1.807) is 0 Å². The Hall–Kier alpha value is -1.70. The molecule has 8 heteroatoms. The van der Waals surface area contributed by atoms with Crippen molar-refractivity contribution in [2.24, 2.45) is 0 Å². The van der Waals surface area contributed by atoms with Crippen LogP contribution in [0.4, 0.5) is 5.13 Å². The molecule has 0 N–H and O–H groups in total. The van der Waals surface area contributed by atoms with Crippen molar-refractivity contribution < 1.29 is 9.53 Å². The number of rotatable bonds is 6. The molecule has 166 valence electrons. The van der Waals surface area contributed by atoms with E-state index < -0.39 is 0 Å². The van der Waals surface area contributed by atoms with Gasteiger partial charge in [-0.1, -0.05) is 46.2 Å². The van der Waals surface area contributed by atoms with Gasteiger partial charge in [0.15, 0.2) is 5.13 Å². The number of aryl methyl sites for hydroxylation is 2. The summed E-state index contributed by atoms with van der Waals surface area (Å²) in [5.74, 6) is -0.0149. The number of para-hydroxylation sites is 1. The largest absolute Gasteiger partial charge is 0.379 e. The number of hydrogen-bond donors (Lipinski definition) is 0. The molecule has 1 aliphatic heterocycles. The summed E-state index contributed by atoms with van der Waals surface area (Å²) in [6.45, 7) is 9.03. The number of hydrogen-bond acceptors (Lipinski definition) is 5. The fraction of sp³-hybridized carbons (Fsp3) is 0.391. The third kappa shape index (κ3) is 5.76. The third-order valence-corrected chi connectivity index (χ3v) is 6.61. The molecular formula is C23H27Cl2N3O2S. The summed E-state index contributed by atoms with van der Waals surface area (Å²) in [6.07, 6.45) is 0.875. The Labute approximate surface area is 198 Å². The molecule has 1 amide bonds. The number of nitrogens with zero attached hydrogens (tertiary/aromatic N) is 3. The number of halogens is 2. The van der Waals surface area contributed by atoms with Gasteiger partial charge in [-0.25, -0.2) is 4.98 Å². The Balaban J connectivity index is 0.00000272. The van der Waals surface area contributed by atoms with Gasteiger partial charge in [0.1, 0.15) is 5.52 Å². The lowest BCUT2D eigenvalue weighted by Gasteiger charge is -2.27. The fourth-order valence-electron chi connectivity index (χ4n) is 3.83. The van der Waals surface area contributed by atoms with Crippen molar-refractivity contribution in [3.63, 3.8) is 0 Å².